The highest BCUT2D eigenvalue weighted by atomic mass is 35.5. The Morgan fingerprint density at radius 2 is 1.77 bits per heavy atom. The third-order valence-electron chi connectivity index (χ3n) is 6.65. The van der Waals surface area contributed by atoms with Crippen LogP contribution < -0.4 is 0 Å². The van der Waals surface area contributed by atoms with Crippen LogP contribution in [-0.4, -0.2) is 37.1 Å². The number of likely N-dealkylation sites (tertiary alicyclic amines) is 1. The lowest BCUT2D eigenvalue weighted by Crippen LogP contribution is -2.30. The summed E-state index contributed by atoms with van der Waals surface area (Å²) < 4.78 is 5.39. The molecule has 1 aliphatic carbocycles. The van der Waals surface area contributed by atoms with Crippen molar-refractivity contribution in [3.05, 3.63) is 62.3 Å². The van der Waals surface area contributed by atoms with E-state index in [-0.39, 0.29) is 18.4 Å². The van der Waals surface area contributed by atoms with Gasteiger partial charge in [-0.25, -0.2) is 0 Å². The Morgan fingerprint density at radius 3 is 2.45 bits per heavy atom. The second kappa shape index (κ2) is 9.89. The van der Waals surface area contributed by atoms with Crippen LogP contribution in [-0.2, 0) is 27.8 Å². The second-order valence-electron chi connectivity index (χ2n) is 8.86. The van der Waals surface area contributed by atoms with Gasteiger partial charge in [0, 0.05) is 22.8 Å². The standard InChI is InChI=1S/C26H33NO2S.ClH/c1-5-27-15-13-19(14-16-27)24-20-10-8-7-9-18(20)11-12-22-21(24)17-23(30-22)26(3,4)25(28)29-6-2;/h7-10,17H,5-6,11-16H2,1-4H3;1H. The lowest BCUT2D eigenvalue weighted by molar-refractivity contribution is -0.148. The van der Waals surface area contributed by atoms with Crippen LogP contribution in [0.1, 0.15) is 67.0 Å². The number of thiophene rings is 1. The van der Waals surface area contributed by atoms with E-state index in [0.717, 1.165) is 50.2 Å². The molecule has 0 bridgehead atoms. The first kappa shape index (κ1) is 24.0. The van der Waals surface area contributed by atoms with Crippen LogP contribution in [0.2, 0.25) is 0 Å². The maximum Gasteiger partial charge on any atom is 0.316 e. The minimum Gasteiger partial charge on any atom is -0.465 e. The summed E-state index contributed by atoms with van der Waals surface area (Å²) in [7, 11) is 0. The first-order valence-corrected chi connectivity index (χ1v) is 12.1. The molecule has 0 saturated carbocycles. The lowest BCUT2D eigenvalue weighted by atomic mass is 9.86. The average Bonchev–Trinajstić information content (AvgIpc) is 3.12. The molecule has 5 heteroatoms. The molecule has 0 unspecified atom stereocenters. The second-order valence-corrected chi connectivity index (χ2v) is 10.00. The molecule has 1 aromatic carbocycles. The van der Waals surface area contributed by atoms with Crippen LogP contribution in [0.5, 0.6) is 0 Å². The van der Waals surface area contributed by atoms with Crippen molar-refractivity contribution in [3.8, 4) is 0 Å². The number of carbonyl (C=O) groups excluding carboxylic acids is 1. The van der Waals surface area contributed by atoms with E-state index in [9.17, 15) is 4.79 Å². The maximum absolute atomic E-state index is 12.7. The van der Waals surface area contributed by atoms with Gasteiger partial charge in [0.05, 0.1) is 12.0 Å². The topological polar surface area (TPSA) is 29.5 Å². The van der Waals surface area contributed by atoms with E-state index >= 15 is 0 Å². The highest BCUT2D eigenvalue weighted by molar-refractivity contribution is 7.12. The van der Waals surface area contributed by atoms with Crippen LogP contribution in [0.15, 0.2) is 35.9 Å². The van der Waals surface area contributed by atoms with Gasteiger partial charge in [-0.3, -0.25) is 4.79 Å². The van der Waals surface area contributed by atoms with Gasteiger partial charge in [-0.05, 0) is 81.3 Å². The van der Waals surface area contributed by atoms with Gasteiger partial charge in [-0.15, -0.1) is 23.7 Å². The van der Waals surface area contributed by atoms with Crippen LogP contribution in [0.3, 0.4) is 0 Å². The van der Waals surface area contributed by atoms with E-state index in [1.807, 2.05) is 32.1 Å². The van der Waals surface area contributed by atoms with Crippen molar-refractivity contribution in [2.75, 3.05) is 26.2 Å². The van der Waals surface area contributed by atoms with Gasteiger partial charge >= 0.3 is 5.97 Å². The molecule has 2 heterocycles. The fourth-order valence-electron chi connectivity index (χ4n) is 4.69. The van der Waals surface area contributed by atoms with Crippen LogP contribution in [0.4, 0.5) is 0 Å². The monoisotopic (exact) mass is 459 g/mol. The number of esters is 1. The Bertz CT molecular complexity index is 966. The zero-order valence-corrected chi connectivity index (χ0v) is 20.8. The van der Waals surface area contributed by atoms with E-state index in [1.165, 1.54) is 27.1 Å². The van der Waals surface area contributed by atoms with Crippen molar-refractivity contribution in [2.45, 2.75) is 58.8 Å². The fourth-order valence-corrected chi connectivity index (χ4v) is 5.95. The highest BCUT2D eigenvalue weighted by Crippen LogP contribution is 2.44. The van der Waals surface area contributed by atoms with Crippen molar-refractivity contribution in [1.29, 1.82) is 0 Å². The lowest BCUT2D eigenvalue weighted by Gasteiger charge is -2.29. The molecule has 1 saturated heterocycles. The third kappa shape index (κ3) is 4.62. The van der Waals surface area contributed by atoms with Gasteiger partial charge < -0.3 is 9.64 Å². The molecular weight excluding hydrogens is 426 g/mol. The Morgan fingerprint density at radius 1 is 1.06 bits per heavy atom. The van der Waals surface area contributed by atoms with Crippen molar-refractivity contribution in [2.24, 2.45) is 0 Å². The predicted molar refractivity (Wildman–Crippen MR) is 132 cm³/mol. The maximum atomic E-state index is 12.7. The average molecular weight is 460 g/mol. The summed E-state index contributed by atoms with van der Waals surface area (Å²) in [5.74, 6) is -0.132. The van der Waals surface area contributed by atoms with Gasteiger partial charge in [0.2, 0.25) is 0 Å². The number of hydrogen-bond acceptors (Lipinski definition) is 4. The van der Waals surface area contributed by atoms with Crippen LogP contribution in [0.25, 0.3) is 5.57 Å². The Balaban J connectivity index is 0.00000272. The van der Waals surface area contributed by atoms with Gasteiger partial charge in [0.1, 0.15) is 0 Å². The van der Waals surface area contributed by atoms with Gasteiger partial charge in [0.25, 0.3) is 0 Å². The molecular formula is C26H34ClNO2S. The van der Waals surface area contributed by atoms with E-state index in [2.05, 4.69) is 42.2 Å². The summed E-state index contributed by atoms with van der Waals surface area (Å²) >= 11 is 1.81. The molecule has 2 aliphatic rings. The molecule has 1 aliphatic heterocycles. The van der Waals surface area contributed by atoms with E-state index in [1.54, 1.807) is 5.57 Å². The van der Waals surface area contributed by atoms with Crippen molar-refractivity contribution < 1.29 is 9.53 Å². The summed E-state index contributed by atoms with van der Waals surface area (Å²) in [5, 5.41) is 0. The van der Waals surface area contributed by atoms with Gasteiger partial charge in [0.15, 0.2) is 0 Å². The molecule has 0 atom stereocenters. The molecule has 1 aromatic heterocycles. The minimum atomic E-state index is -0.617. The molecule has 1 fully saturated rings. The number of aryl methyl sites for hydroxylation is 2. The molecule has 0 amide bonds. The van der Waals surface area contributed by atoms with Gasteiger partial charge in [-0.1, -0.05) is 36.8 Å². The zero-order chi connectivity index (χ0) is 21.3. The minimum absolute atomic E-state index is 0. The summed E-state index contributed by atoms with van der Waals surface area (Å²) in [6.45, 7) is 11.9. The number of nitrogens with zero attached hydrogens (tertiary/aromatic N) is 1. The highest BCUT2D eigenvalue weighted by Gasteiger charge is 2.35. The number of ether oxygens (including phenoxy) is 1. The quantitative estimate of drug-likeness (QED) is 0.523. The number of halogens is 1. The normalized spacial score (nSPS) is 16.8. The number of carbonyl (C=O) groups is 1. The summed E-state index contributed by atoms with van der Waals surface area (Å²) in [4.78, 5) is 17.7. The largest absolute Gasteiger partial charge is 0.465 e. The fraction of sp³-hybridized carbons (Fsp3) is 0.500. The van der Waals surface area contributed by atoms with Crippen molar-refractivity contribution >= 4 is 35.3 Å². The predicted octanol–water partition coefficient (Wildman–Crippen LogP) is 6.03. The molecule has 0 N–H and O–H groups in total. The van der Waals surface area contributed by atoms with Crippen molar-refractivity contribution in [3.63, 3.8) is 0 Å². The molecule has 168 valence electrons. The molecule has 3 nitrogen and oxygen atoms in total. The first-order chi connectivity index (χ1) is 14.5. The Hall–Kier alpha value is -1.62. The van der Waals surface area contributed by atoms with Crippen molar-refractivity contribution in [1.82, 2.24) is 4.90 Å². The SMILES string of the molecule is CCOC(=O)C(C)(C)c1cc2c(s1)CCc1ccccc1C2=C1CCN(CC)CC1.Cl. The number of piperidine rings is 1. The third-order valence-corrected chi connectivity index (χ3v) is 8.17. The van der Waals surface area contributed by atoms with Crippen LogP contribution >= 0.6 is 23.7 Å². The summed E-state index contributed by atoms with van der Waals surface area (Å²) in [6.07, 6.45) is 4.35. The molecule has 4 rings (SSSR count). The van der Waals surface area contributed by atoms with Crippen LogP contribution in [0, 0.1) is 0 Å². The summed E-state index contributed by atoms with van der Waals surface area (Å²) in [5.41, 5.74) is 6.61. The Kier molecular flexibility index (Phi) is 7.67. The van der Waals surface area contributed by atoms with Gasteiger partial charge in [-0.2, -0.15) is 0 Å². The number of hydrogen-bond donors (Lipinski definition) is 0. The smallest absolute Gasteiger partial charge is 0.316 e. The number of fused-ring (bicyclic) bond motifs is 2. The summed E-state index contributed by atoms with van der Waals surface area (Å²) in [6, 6.07) is 11.2. The molecule has 0 radical (unpaired) electrons. The molecule has 2 aromatic rings. The van der Waals surface area contributed by atoms with E-state index < -0.39 is 5.41 Å². The number of benzene rings is 1. The molecule has 31 heavy (non-hydrogen) atoms. The Labute approximate surface area is 196 Å². The molecule has 0 spiro atoms. The zero-order valence-electron chi connectivity index (χ0n) is 19.1. The van der Waals surface area contributed by atoms with E-state index in [0.29, 0.717) is 6.61 Å². The first-order valence-electron chi connectivity index (χ1n) is 11.3. The number of rotatable bonds is 4. The van der Waals surface area contributed by atoms with E-state index in [4.69, 9.17) is 4.74 Å².